The molecule has 0 saturated heterocycles. The van der Waals surface area contributed by atoms with Gasteiger partial charge in [-0.25, -0.2) is 0 Å². The average molecular weight is 223 g/mol. The van der Waals surface area contributed by atoms with E-state index in [0.29, 0.717) is 0 Å². The summed E-state index contributed by atoms with van der Waals surface area (Å²) in [7, 11) is 1.95. The molecule has 0 spiro atoms. The van der Waals surface area contributed by atoms with Gasteiger partial charge in [0.25, 0.3) is 0 Å². The molecule has 1 aromatic heterocycles. The van der Waals surface area contributed by atoms with Crippen molar-refractivity contribution in [2.24, 2.45) is 7.05 Å². The van der Waals surface area contributed by atoms with E-state index in [4.69, 9.17) is 5.73 Å². The minimum atomic E-state index is 0.773. The van der Waals surface area contributed by atoms with E-state index in [2.05, 4.69) is 17.2 Å². The Morgan fingerprint density at radius 2 is 1.76 bits per heavy atom. The van der Waals surface area contributed by atoms with E-state index in [1.165, 1.54) is 0 Å². The number of anilines is 1. The number of nitrogen functional groups attached to an aromatic ring is 1. The van der Waals surface area contributed by atoms with Crippen LogP contribution < -0.4 is 5.73 Å². The molecular formula is C14H13N3. The molecule has 3 rings (SSSR count). The monoisotopic (exact) mass is 223 g/mol. The van der Waals surface area contributed by atoms with E-state index in [1.54, 1.807) is 0 Å². The van der Waals surface area contributed by atoms with Gasteiger partial charge in [0.15, 0.2) is 0 Å². The van der Waals surface area contributed by atoms with Crippen LogP contribution in [-0.4, -0.2) is 9.78 Å². The van der Waals surface area contributed by atoms with Crippen LogP contribution in [0.25, 0.3) is 22.2 Å². The summed E-state index contributed by atoms with van der Waals surface area (Å²) < 4.78 is 1.89. The third kappa shape index (κ3) is 1.47. The smallest absolute Gasteiger partial charge is 0.0950 e. The number of hydrogen-bond donors (Lipinski definition) is 1. The highest BCUT2D eigenvalue weighted by atomic mass is 15.3. The van der Waals surface area contributed by atoms with Crippen LogP contribution in [0.5, 0.6) is 0 Å². The van der Waals surface area contributed by atoms with E-state index in [1.807, 2.05) is 48.1 Å². The number of fused-ring (bicyclic) bond motifs is 1. The van der Waals surface area contributed by atoms with Gasteiger partial charge in [0.2, 0.25) is 0 Å². The molecule has 0 fully saturated rings. The van der Waals surface area contributed by atoms with Crippen LogP contribution >= 0.6 is 0 Å². The molecule has 3 nitrogen and oxygen atoms in total. The fourth-order valence-corrected chi connectivity index (χ4v) is 2.20. The first-order valence-electron chi connectivity index (χ1n) is 5.54. The lowest BCUT2D eigenvalue weighted by Gasteiger charge is -2.03. The summed E-state index contributed by atoms with van der Waals surface area (Å²) in [6.07, 6.45) is 0. The second kappa shape index (κ2) is 3.63. The van der Waals surface area contributed by atoms with Gasteiger partial charge in [-0.1, -0.05) is 36.4 Å². The Hall–Kier alpha value is -2.29. The van der Waals surface area contributed by atoms with Gasteiger partial charge in [-0.2, -0.15) is 5.10 Å². The summed E-state index contributed by atoms with van der Waals surface area (Å²) in [5.41, 5.74) is 9.97. The van der Waals surface area contributed by atoms with Crippen LogP contribution in [0, 0.1) is 0 Å². The SMILES string of the molecule is Cn1nc2cccc(N)c2c1-c1ccccc1. The van der Waals surface area contributed by atoms with Gasteiger partial charge in [-0.3, -0.25) is 4.68 Å². The maximum atomic E-state index is 6.05. The highest BCUT2D eigenvalue weighted by Gasteiger charge is 2.12. The minimum absolute atomic E-state index is 0.773. The lowest BCUT2D eigenvalue weighted by atomic mass is 10.1. The Labute approximate surface area is 99.5 Å². The predicted molar refractivity (Wildman–Crippen MR) is 70.6 cm³/mol. The van der Waals surface area contributed by atoms with E-state index >= 15 is 0 Å². The summed E-state index contributed by atoms with van der Waals surface area (Å²) in [4.78, 5) is 0. The second-order valence-corrected chi connectivity index (χ2v) is 4.08. The van der Waals surface area contributed by atoms with Crippen LogP contribution in [0.15, 0.2) is 48.5 Å². The van der Waals surface area contributed by atoms with Crippen molar-refractivity contribution in [1.82, 2.24) is 9.78 Å². The summed E-state index contributed by atoms with van der Waals surface area (Å²) in [5.74, 6) is 0. The first-order valence-corrected chi connectivity index (χ1v) is 5.54. The Morgan fingerprint density at radius 3 is 2.53 bits per heavy atom. The summed E-state index contributed by atoms with van der Waals surface area (Å²) in [6, 6.07) is 16.0. The molecule has 1 heterocycles. The molecule has 3 aromatic rings. The molecule has 0 saturated carbocycles. The zero-order chi connectivity index (χ0) is 11.8. The first-order chi connectivity index (χ1) is 8.27. The van der Waals surface area contributed by atoms with Crippen molar-refractivity contribution in [3.8, 4) is 11.3 Å². The van der Waals surface area contributed by atoms with Crippen molar-refractivity contribution in [1.29, 1.82) is 0 Å². The molecule has 84 valence electrons. The quantitative estimate of drug-likeness (QED) is 0.645. The lowest BCUT2D eigenvalue weighted by Crippen LogP contribution is -1.93. The van der Waals surface area contributed by atoms with Gasteiger partial charge in [-0.15, -0.1) is 0 Å². The normalized spacial score (nSPS) is 10.9. The van der Waals surface area contributed by atoms with Crippen molar-refractivity contribution >= 4 is 16.6 Å². The summed E-state index contributed by atoms with van der Waals surface area (Å²) in [5, 5.41) is 5.52. The van der Waals surface area contributed by atoms with Gasteiger partial charge < -0.3 is 5.73 Å². The molecule has 0 aliphatic carbocycles. The molecule has 17 heavy (non-hydrogen) atoms. The summed E-state index contributed by atoms with van der Waals surface area (Å²) >= 11 is 0. The highest BCUT2D eigenvalue weighted by Crippen LogP contribution is 2.31. The van der Waals surface area contributed by atoms with E-state index in [-0.39, 0.29) is 0 Å². The first kappa shape index (κ1) is 9.90. The van der Waals surface area contributed by atoms with Crippen LogP contribution in [0.2, 0.25) is 0 Å². The van der Waals surface area contributed by atoms with Crippen molar-refractivity contribution in [3.05, 3.63) is 48.5 Å². The molecule has 0 aliphatic heterocycles. The lowest BCUT2D eigenvalue weighted by molar-refractivity contribution is 0.788. The number of aryl methyl sites for hydroxylation is 1. The van der Waals surface area contributed by atoms with Gasteiger partial charge in [0.1, 0.15) is 0 Å². The predicted octanol–water partition coefficient (Wildman–Crippen LogP) is 2.82. The standard InChI is InChI=1S/C14H13N3/c1-17-14(10-6-3-2-4-7-10)13-11(15)8-5-9-12(13)16-17/h2-9H,15H2,1H3. The Balaban J connectivity index is 2.40. The molecular weight excluding hydrogens is 210 g/mol. The third-order valence-corrected chi connectivity index (χ3v) is 2.94. The Morgan fingerprint density at radius 1 is 1.00 bits per heavy atom. The fourth-order valence-electron chi connectivity index (χ4n) is 2.20. The average Bonchev–Trinajstić information content (AvgIpc) is 2.68. The van der Waals surface area contributed by atoms with Crippen LogP contribution in [0.1, 0.15) is 0 Å². The van der Waals surface area contributed by atoms with E-state index < -0.39 is 0 Å². The molecule has 0 amide bonds. The van der Waals surface area contributed by atoms with Crippen molar-refractivity contribution in [2.75, 3.05) is 5.73 Å². The van der Waals surface area contributed by atoms with Gasteiger partial charge in [-0.05, 0) is 12.1 Å². The number of aromatic nitrogens is 2. The molecule has 0 unspecified atom stereocenters. The zero-order valence-corrected chi connectivity index (χ0v) is 9.59. The molecule has 2 N–H and O–H groups in total. The molecule has 0 atom stereocenters. The van der Waals surface area contributed by atoms with Crippen LogP contribution in [0.3, 0.4) is 0 Å². The summed E-state index contributed by atoms with van der Waals surface area (Å²) in [6.45, 7) is 0. The van der Waals surface area contributed by atoms with Crippen molar-refractivity contribution in [2.45, 2.75) is 0 Å². The zero-order valence-electron chi connectivity index (χ0n) is 9.59. The number of nitrogens with zero attached hydrogens (tertiary/aromatic N) is 2. The van der Waals surface area contributed by atoms with Crippen LogP contribution in [-0.2, 0) is 7.05 Å². The van der Waals surface area contributed by atoms with Gasteiger partial charge in [0, 0.05) is 18.3 Å². The van der Waals surface area contributed by atoms with Crippen molar-refractivity contribution < 1.29 is 0 Å². The van der Waals surface area contributed by atoms with Crippen LogP contribution in [0.4, 0.5) is 5.69 Å². The number of benzene rings is 2. The molecule has 0 radical (unpaired) electrons. The van der Waals surface area contributed by atoms with Gasteiger partial charge >= 0.3 is 0 Å². The minimum Gasteiger partial charge on any atom is -0.398 e. The van der Waals surface area contributed by atoms with E-state index in [9.17, 15) is 0 Å². The Kier molecular flexibility index (Phi) is 2.11. The van der Waals surface area contributed by atoms with Crippen molar-refractivity contribution in [3.63, 3.8) is 0 Å². The third-order valence-electron chi connectivity index (χ3n) is 2.94. The van der Waals surface area contributed by atoms with Gasteiger partial charge in [0.05, 0.1) is 16.6 Å². The number of nitrogens with two attached hydrogens (primary N) is 1. The maximum Gasteiger partial charge on any atom is 0.0950 e. The molecule has 0 bridgehead atoms. The fraction of sp³-hybridized carbons (Fsp3) is 0.0714. The maximum absolute atomic E-state index is 6.05. The Bertz CT molecular complexity index is 669. The molecule has 2 aromatic carbocycles. The largest absolute Gasteiger partial charge is 0.398 e. The van der Waals surface area contributed by atoms with E-state index in [0.717, 1.165) is 27.8 Å². The highest BCUT2D eigenvalue weighted by molar-refractivity contribution is 6.01. The number of hydrogen-bond acceptors (Lipinski definition) is 2. The number of rotatable bonds is 1. The second-order valence-electron chi connectivity index (χ2n) is 4.08. The molecule has 0 aliphatic rings. The topological polar surface area (TPSA) is 43.8 Å². The molecule has 3 heteroatoms.